The van der Waals surface area contributed by atoms with Crippen molar-refractivity contribution in [3.05, 3.63) is 29.3 Å². The predicted octanol–water partition coefficient (Wildman–Crippen LogP) is 1.70. The van der Waals surface area contributed by atoms with Crippen molar-refractivity contribution in [2.45, 2.75) is 44.6 Å². The van der Waals surface area contributed by atoms with E-state index in [-0.39, 0.29) is 23.8 Å². The maximum Gasteiger partial charge on any atom is 0.251 e. The van der Waals surface area contributed by atoms with E-state index in [1.54, 1.807) is 12.1 Å². The highest BCUT2D eigenvalue weighted by Gasteiger charge is 2.35. The summed E-state index contributed by atoms with van der Waals surface area (Å²) in [5.41, 5.74) is 2.45. The van der Waals surface area contributed by atoms with Crippen molar-refractivity contribution in [1.29, 1.82) is 0 Å². The molecular formula is C19H23N3O3. The zero-order valence-electron chi connectivity index (χ0n) is 14.2. The van der Waals surface area contributed by atoms with Gasteiger partial charge in [-0.25, -0.2) is 0 Å². The number of anilines is 1. The van der Waals surface area contributed by atoms with Gasteiger partial charge in [0.05, 0.1) is 0 Å². The monoisotopic (exact) mass is 341 g/mol. The molecule has 1 aromatic rings. The number of hydrogen-bond donors (Lipinski definition) is 2. The molecule has 0 unspecified atom stereocenters. The van der Waals surface area contributed by atoms with Gasteiger partial charge in [-0.05, 0) is 55.9 Å². The fourth-order valence-corrected chi connectivity index (χ4v) is 3.63. The highest BCUT2D eigenvalue weighted by Crippen LogP contribution is 2.32. The first kappa shape index (κ1) is 16.1. The number of amides is 3. The van der Waals surface area contributed by atoms with Crippen LogP contribution in [0.1, 0.15) is 48.0 Å². The van der Waals surface area contributed by atoms with Gasteiger partial charge in [0.2, 0.25) is 11.8 Å². The summed E-state index contributed by atoms with van der Waals surface area (Å²) >= 11 is 0. The number of hydrogen-bond acceptors (Lipinski definition) is 3. The Bertz CT molecular complexity index is 719. The van der Waals surface area contributed by atoms with Crippen molar-refractivity contribution in [3.63, 3.8) is 0 Å². The maximum atomic E-state index is 12.5. The molecule has 0 radical (unpaired) electrons. The third-order valence-electron chi connectivity index (χ3n) is 5.33. The Kier molecular flexibility index (Phi) is 4.19. The molecule has 0 bridgehead atoms. The van der Waals surface area contributed by atoms with E-state index in [1.807, 2.05) is 11.0 Å². The number of nitrogens with one attached hydrogen (secondary N) is 2. The molecule has 25 heavy (non-hydrogen) atoms. The van der Waals surface area contributed by atoms with E-state index >= 15 is 0 Å². The van der Waals surface area contributed by atoms with Gasteiger partial charge in [-0.2, -0.15) is 0 Å². The summed E-state index contributed by atoms with van der Waals surface area (Å²) < 4.78 is 0. The lowest BCUT2D eigenvalue weighted by Gasteiger charge is -2.32. The minimum atomic E-state index is -0.0772. The molecule has 1 saturated heterocycles. The van der Waals surface area contributed by atoms with Crippen LogP contribution in [0.2, 0.25) is 0 Å². The molecule has 6 nitrogen and oxygen atoms in total. The van der Waals surface area contributed by atoms with Crippen LogP contribution in [-0.4, -0.2) is 41.8 Å². The molecule has 0 atom stereocenters. The quantitative estimate of drug-likeness (QED) is 0.878. The second kappa shape index (κ2) is 6.50. The average molecular weight is 341 g/mol. The first-order chi connectivity index (χ1) is 12.1. The Morgan fingerprint density at radius 2 is 1.84 bits per heavy atom. The lowest BCUT2D eigenvalue weighted by atomic mass is 9.99. The van der Waals surface area contributed by atoms with E-state index in [0.29, 0.717) is 24.3 Å². The van der Waals surface area contributed by atoms with Gasteiger partial charge in [0.1, 0.15) is 0 Å². The summed E-state index contributed by atoms with van der Waals surface area (Å²) in [6, 6.07) is 5.55. The molecule has 3 aliphatic rings. The van der Waals surface area contributed by atoms with Crippen LogP contribution < -0.4 is 10.6 Å². The number of aryl methyl sites for hydroxylation is 1. The number of nitrogens with zero attached hydrogens (tertiary/aromatic N) is 1. The summed E-state index contributed by atoms with van der Waals surface area (Å²) in [6.45, 7) is 1.47. The van der Waals surface area contributed by atoms with Gasteiger partial charge in [-0.3, -0.25) is 14.4 Å². The first-order valence-electron chi connectivity index (χ1n) is 9.12. The Hall–Kier alpha value is -2.37. The zero-order valence-corrected chi connectivity index (χ0v) is 14.2. The first-order valence-corrected chi connectivity index (χ1v) is 9.12. The minimum Gasteiger partial charge on any atom is -0.349 e. The van der Waals surface area contributed by atoms with E-state index in [0.717, 1.165) is 50.0 Å². The fraction of sp³-hybridized carbons (Fsp3) is 0.526. The van der Waals surface area contributed by atoms with Crippen LogP contribution in [0.3, 0.4) is 0 Å². The molecule has 4 rings (SSSR count). The summed E-state index contributed by atoms with van der Waals surface area (Å²) in [6.07, 6.45) is 4.83. The molecule has 0 aromatic heterocycles. The number of fused-ring (bicyclic) bond motifs is 1. The second-order valence-corrected chi connectivity index (χ2v) is 7.27. The lowest BCUT2D eigenvalue weighted by Crippen LogP contribution is -2.47. The SMILES string of the molecule is O=C1CCc2cc(C(=O)NC3CCN(C(=O)C4CC4)CC3)ccc2N1. The molecule has 1 aliphatic carbocycles. The van der Waals surface area contributed by atoms with E-state index in [2.05, 4.69) is 10.6 Å². The maximum absolute atomic E-state index is 12.5. The van der Waals surface area contributed by atoms with Gasteiger partial charge >= 0.3 is 0 Å². The van der Waals surface area contributed by atoms with Crippen LogP contribution in [0.25, 0.3) is 0 Å². The van der Waals surface area contributed by atoms with Crippen molar-refractivity contribution in [2.24, 2.45) is 5.92 Å². The van der Waals surface area contributed by atoms with E-state index in [9.17, 15) is 14.4 Å². The van der Waals surface area contributed by atoms with Crippen molar-refractivity contribution >= 4 is 23.4 Å². The minimum absolute atomic E-state index is 0.0252. The van der Waals surface area contributed by atoms with Crippen LogP contribution in [0.15, 0.2) is 18.2 Å². The average Bonchev–Trinajstić information content (AvgIpc) is 3.46. The van der Waals surface area contributed by atoms with Crippen molar-refractivity contribution in [1.82, 2.24) is 10.2 Å². The lowest BCUT2D eigenvalue weighted by molar-refractivity contribution is -0.133. The molecule has 2 heterocycles. The molecule has 2 fully saturated rings. The van der Waals surface area contributed by atoms with E-state index in [4.69, 9.17) is 0 Å². The van der Waals surface area contributed by atoms with Gasteiger partial charge in [-0.1, -0.05) is 0 Å². The smallest absolute Gasteiger partial charge is 0.251 e. The van der Waals surface area contributed by atoms with Gasteiger partial charge < -0.3 is 15.5 Å². The van der Waals surface area contributed by atoms with Crippen LogP contribution in [0, 0.1) is 5.92 Å². The van der Waals surface area contributed by atoms with Gasteiger partial charge in [0.15, 0.2) is 0 Å². The van der Waals surface area contributed by atoms with Gasteiger partial charge in [0, 0.05) is 42.7 Å². The summed E-state index contributed by atoms with van der Waals surface area (Å²) in [4.78, 5) is 38.0. The Morgan fingerprint density at radius 1 is 1.08 bits per heavy atom. The van der Waals surface area contributed by atoms with Gasteiger partial charge in [-0.15, -0.1) is 0 Å². The van der Waals surface area contributed by atoms with Gasteiger partial charge in [0.25, 0.3) is 5.91 Å². The fourth-order valence-electron chi connectivity index (χ4n) is 3.63. The highest BCUT2D eigenvalue weighted by molar-refractivity contribution is 5.98. The number of rotatable bonds is 3. The standard InChI is InChI=1S/C19H23N3O3/c23-17-6-4-13-11-14(3-5-16(13)21-17)18(24)20-15-7-9-22(10-8-15)19(25)12-1-2-12/h3,5,11-12,15H,1-2,4,6-10H2,(H,20,24)(H,21,23). The summed E-state index contributed by atoms with van der Waals surface area (Å²) in [5.74, 6) is 0.507. The predicted molar refractivity (Wildman–Crippen MR) is 93.2 cm³/mol. The second-order valence-electron chi connectivity index (χ2n) is 7.27. The third kappa shape index (κ3) is 3.52. The molecular weight excluding hydrogens is 318 g/mol. The molecule has 1 aromatic carbocycles. The van der Waals surface area contributed by atoms with Crippen LogP contribution in [0.5, 0.6) is 0 Å². The highest BCUT2D eigenvalue weighted by atomic mass is 16.2. The zero-order chi connectivity index (χ0) is 17.4. The summed E-state index contributed by atoms with van der Waals surface area (Å²) in [5, 5.41) is 5.92. The Balaban J connectivity index is 1.33. The number of benzene rings is 1. The van der Waals surface area contributed by atoms with Crippen LogP contribution >= 0.6 is 0 Å². The topological polar surface area (TPSA) is 78.5 Å². The van der Waals surface area contributed by atoms with Crippen molar-refractivity contribution in [3.8, 4) is 0 Å². The number of carbonyl (C=O) groups is 3. The van der Waals surface area contributed by atoms with Crippen LogP contribution in [0.4, 0.5) is 5.69 Å². The molecule has 6 heteroatoms. The largest absolute Gasteiger partial charge is 0.349 e. The third-order valence-corrected chi connectivity index (χ3v) is 5.33. The molecule has 132 valence electrons. The molecule has 2 N–H and O–H groups in total. The normalized spacial score (nSPS) is 20.6. The molecule has 1 saturated carbocycles. The molecule has 3 amide bonds. The van der Waals surface area contributed by atoms with Crippen molar-refractivity contribution < 1.29 is 14.4 Å². The number of piperidine rings is 1. The van der Waals surface area contributed by atoms with Crippen LogP contribution in [-0.2, 0) is 16.0 Å². The Labute approximate surface area is 147 Å². The number of carbonyl (C=O) groups excluding carboxylic acids is 3. The summed E-state index contributed by atoms with van der Waals surface area (Å²) in [7, 11) is 0. The van der Waals surface area contributed by atoms with E-state index < -0.39 is 0 Å². The van der Waals surface area contributed by atoms with E-state index in [1.165, 1.54) is 0 Å². The Morgan fingerprint density at radius 3 is 2.56 bits per heavy atom. The number of likely N-dealkylation sites (tertiary alicyclic amines) is 1. The molecule has 0 spiro atoms. The van der Waals surface area contributed by atoms with Crippen molar-refractivity contribution in [2.75, 3.05) is 18.4 Å². The molecule has 2 aliphatic heterocycles.